The Morgan fingerprint density at radius 3 is 2.58 bits per heavy atom. The van der Waals surface area contributed by atoms with Gasteiger partial charge in [0.25, 0.3) is 0 Å². The molecular formula is C17H23N3O4. The van der Waals surface area contributed by atoms with Crippen LogP contribution < -0.4 is 5.69 Å². The molecule has 130 valence electrons. The number of phenols is 1. The summed E-state index contributed by atoms with van der Waals surface area (Å²) < 4.78 is 7.00. The van der Waals surface area contributed by atoms with Crippen LogP contribution >= 0.6 is 0 Å². The van der Waals surface area contributed by atoms with Crippen molar-refractivity contribution in [2.45, 2.75) is 45.3 Å². The number of carbonyl (C=O) groups is 1. The summed E-state index contributed by atoms with van der Waals surface area (Å²) in [5, 5.41) is 10.1. The highest BCUT2D eigenvalue weighted by molar-refractivity contribution is 5.81. The van der Waals surface area contributed by atoms with Gasteiger partial charge in [-0.1, -0.05) is 6.07 Å². The van der Waals surface area contributed by atoms with Crippen molar-refractivity contribution in [3.05, 3.63) is 28.7 Å². The number of aromatic hydroxyl groups is 1. The quantitative estimate of drug-likeness (QED) is 0.840. The maximum absolute atomic E-state index is 12.3. The van der Waals surface area contributed by atoms with E-state index in [1.165, 1.54) is 0 Å². The minimum Gasteiger partial charge on any atom is -0.506 e. The fourth-order valence-electron chi connectivity index (χ4n) is 3.14. The zero-order valence-electron chi connectivity index (χ0n) is 14.2. The fourth-order valence-corrected chi connectivity index (χ4v) is 3.14. The minimum atomic E-state index is -0.520. The number of aromatic nitrogens is 2. The first-order chi connectivity index (χ1) is 11.3. The van der Waals surface area contributed by atoms with Gasteiger partial charge in [-0.05, 0) is 45.7 Å². The number of imidazole rings is 1. The predicted octanol–water partition coefficient (Wildman–Crippen LogP) is 2.61. The Bertz CT molecular complexity index is 807. The van der Waals surface area contributed by atoms with Crippen LogP contribution in [0.25, 0.3) is 11.0 Å². The zero-order chi connectivity index (χ0) is 17.5. The number of aromatic amines is 1. The average molecular weight is 333 g/mol. The van der Waals surface area contributed by atoms with Crippen molar-refractivity contribution in [2.24, 2.45) is 0 Å². The maximum atomic E-state index is 12.3. The second-order valence-electron chi connectivity index (χ2n) is 7.17. The Balaban J connectivity index is 1.77. The lowest BCUT2D eigenvalue weighted by atomic mass is 10.0. The van der Waals surface area contributed by atoms with Gasteiger partial charge in [0.05, 0.1) is 5.52 Å². The largest absolute Gasteiger partial charge is 0.506 e. The molecule has 0 unspecified atom stereocenters. The predicted molar refractivity (Wildman–Crippen MR) is 90.3 cm³/mol. The van der Waals surface area contributed by atoms with E-state index in [4.69, 9.17) is 4.74 Å². The highest BCUT2D eigenvalue weighted by Gasteiger charge is 2.29. The number of nitrogens with zero attached hydrogens (tertiary/aromatic N) is 2. The summed E-state index contributed by atoms with van der Waals surface area (Å²) in [5.41, 5.74) is 0.392. The van der Waals surface area contributed by atoms with Crippen molar-refractivity contribution in [2.75, 3.05) is 13.1 Å². The third-order valence-electron chi connectivity index (χ3n) is 4.20. The van der Waals surface area contributed by atoms with Gasteiger partial charge in [0.2, 0.25) is 0 Å². The third kappa shape index (κ3) is 3.11. The summed E-state index contributed by atoms with van der Waals surface area (Å²) in [6.07, 6.45) is 0.955. The van der Waals surface area contributed by atoms with Crippen LogP contribution in [0.2, 0.25) is 0 Å². The fraction of sp³-hybridized carbons (Fsp3) is 0.529. The molecule has 0 radical (unpaired) electrons. The average Bonchev–Trinajstić information content (AvgIpc) is 2.83. The number of H-pyrrole nitrogens is 1. The summed E-state index contributed by atoms with van der Waals surface area (Å²) in [4.78, 5) is 28.9. The Kier molecular flexibility index (Phi) is 4.03. The topological polar surface area (TPSA) is 87.6 Å². The summed E-state index contributed by atoms with van der Waals surface area (Å²) in [6.45, 7) is 6.56. The lowest BCUT2D eigenvalue weighted by Crippen LogP contribution is -2.43. The molecule has 1 aromatic carbocycles. The third-order valence-corrected chi connectivity index (χ3v) is 4.20. The number of amides is 1. The second-order valence-corrected chi connectivity index (χ2v) is 7.17. The lowest BCUT2D eigenvalue weighted by Gasteiger charge is -2.33. The van der Waals surface area contributed by atoms with Gasteiger partial charge in [-0.15, -0.1) is 0 Å². The Labute approximate surface area is 139 Å². The monoisotopic (exact) mass is 333 g/mol. The molecule has 0 spiro atoms. The van der Waals surface area contributed by atoms with Gasteiger partial charge in [0, 0.05) is 19.1 Å². The number of fused-ring (bicyclic) bond motifs is 1. The highest BCUT2D eigenvalue weighted by Crippen LogP contribution is 2.29. The number of carbonyl (C=O) groups excluding carboxylic acids is 1. The smallest absolute Gasteiger partial charge is 0.410 e. The van der Waals surface area contributed by atoms with Crippen LogP contribution in [0.5, 0.6) is 5.75 Å². The first kappa shape index (κ1) is 16.4. The minimum absolute atomic E-state index is 0.0572. The van der Waals surface area contributed by atoms with E-state index in [1.54, 1.807) is 27.7 Å². The molecule has 1 amide bonds. The first-order valence-corrected chi connectivity index (χ1v) is 8.16. The molecule has 0 bridgehead atoms. The van der Waals surface area contributed by atoms with Gasteiger partial charge in [0.1, 0.15) is 16.9 Å². The van der Waals surface area contributed by atoms with Crippen molar-refractivity contribution in [1.82, 2.24) is 14.5 Å². The number of para-hydroxylation sites is 1. The SMILES string of the molecule is CC(C)(C)OC(=O)N1CCC(n2c(=O)[nH]c3cccc(O)c32)CC1. The van der Waals surface area contributed by atoms with Crippen molar-refractivity contribution in [3.63, 3.8) is 0 Å². The van der Waals surface area contributed by atoms with Crippen LogP contribution in [0.4, 0.5) is 4.79 Å². The molecule has 2 aromatic rings. The molecule has 1 aromatic heterocycles. The summed E-state index contributed by atoms with van der Waals surface area (Å²) in [7, 11) is 0. The highest BCUT2D eigenvalue weighted by atomic mass is 16.6. The number of likely N-dealkylation sites (tertiary alicyclic amines) is 1. The molecule has 2 heterocycles. The number of ether oxygens (including phenoxy) is 1. The molecule has 24 heavy (non-hydrogen) atoms. The Hall–Kier alpha value is -2.44. The van der Waals surface area contributed by atoms with E-state index in [2.05, 4.69) is 4.98 Å². The van der Waals surface area contributed by atoms with E-state index < -0.39 is 5.60 Å². The van der Waals surface area contributed by atoms with E-state index in [9.17, 15) is 14.7 Å². The summed E-state index contributed by atoms with van der Waals surface area (Å²) >= 11 is 0. The molecule has 7 nitrogen and oxygen atoms in total. The van der Waals surface area contributed by atoms with Gasteiger partial charge in [-0.3, -0.25) is 4.57 Å². The van der Waals surface area contributed by atoms with Gasteiger partial charge >= 0.3 is 11.8 Å². The molecule has 7 heteroatoms. The van der Waals surface area contributed by atoms with E-state index in [0.717, 1.165) is 0 Å². The molecule has 1 fully saturated rings. The molecule has 1 aliphatic rings. The molecule has 0 aliphatic carbocycles. The number of piperidine rings is 1. The van der Waals surface area contributed by atoms with Gasteiger partial charge < -0.3 is 19.7 Å². The van der Waals surface area contributed by atoms with Gasteiger partial charge in [0.15, 0.2) is 0 Å². The molecule has 3 rings (SSSR count). The molecule has 2 N–H and O–H groups in total. The Morgan fingerprint density at radius 2 is 1.96 bits per heavy atom. The van der Waals surface area contributed by atoms with E-state index in [0.29, 0.717) is 37.0 Å². The van der Waals surface area contributed by atoms with Crippen LogP contribution in [0, 0.1) is 0 Å². The number of hydrogen-bond donors (Lipinski definition) is 2. The number of hydrogen-bond acceptors (Lipinski definition) is 4. The zero-order valence-corrected chi connectivity index (χ0v) is 14.2. The molecule has 0 saturated carbocycles. The van der Waals surface area contributed by atoms with Crippen molar-refractivity contribution >= 4 is 17.1 Å². The number of benzene rings is 1. The van der Waals surface area contributed by atoms with Crippen molar-refractivity contribution < 1.29 is 14.6 Å². The number of rotatable bonds is 1. The van der Waals surface area contributed by atoms with Crippen LogP contribution in [0.15, 0.2) is 23.0 Å². The molecule has 1 aliphatic heterocycles. The van der Waals surface area contributed by atoms with Crippen LogP contribution in [0.3, 0.4) is 0 Å². The van der Waals surface area contributed by atoms with E-state index in [1.807, 2.05) is 20.8 Å². The number of nitrogens with one attached hydrogen (secondary N) is 1. The van der Waals surface area contributed by atoms with E-state index in [-0.39, 0.29) is 23.6 Å². The standard InChI is InChI=1S/C17H23N3O4/c1-17(2,3)24-16(23)19-9-7-11(8-10-19)20-14-12(18-15(20)22)5-4-6-13(14)21/h4-6,11,21H,7-10H2,1-3H3,(H,18,22). The normalized spacial score (nSPS) is 16.5. The van der Waals surface area contributed by atoms with E-state index >= 15 is 0 Å². The number of phenolic OH excluding ortho intramolecular Hbond substituents is 1. The van der Waals surface area contributed by atoms with Gasteiger partial charge in [-0.2, -0.15) is 0 Å². The first-order valence-electron chi connectivity index (χ1n) is 8.16. The molecular weight excluding hydrogens is 310 g/mol. The van der Waals surface area contributed by atoms with Crippen LogP contribution in [0.1, 0.15) is 39.7 Å². The van der Waals surface area contributed by atoms with Crippen LogP contribution in [-0.2, 0) is 4.74 Å². The van der Waals surface area contributed by atoms with Crippen LogP contribution in [-0.4, -0.2) is 44.3 Å². The lowest BCUT2D eigenvalue weighted by molar-refractivity contribution is 0.0188. The summed E-state index contributed by atoms with van der Waals surface area (Å²) in [5.74, 6) is 0.0837. The van der Waals surface area contributed by atoms with Crippen molar-refractivity contribution in [3.8, 4) is 5.75 Å². The second kappa shape index (κ2) is 5.89. The molecule has 0 atom stereocenters. The Morgan fingerprint density at radius 1 is 1.29 bits per heavy atom. The van der Waals surface area contributed by atoms with Gasteiger partial charge in [-0.25, -0.2) is 9.59 Å². The maximum Gasteiger partial charge on any atom is 0.410 e. The summed E-state index contributed by atoms with van der Waals surface area (Å²) in [6, 6.07) is 4.98. The van der Waals surface area contributed by atoms with Crippen molar-refractivity contribution in [1.29, 1.82) is 0 Å². The molecule has 1 saturated heterocycles.